The second kappa shape index (κ2) is 7.37. The number of alkyl halides is 3. The molecule has 0 saturated heterocycles. The van der Waals surface area contributed by atoms with Crippen LogP contribution in [-0.4, -0.2) is 15.9 Å². The zero-order valence-corrected chi connectivity index (χ0v) is 15.5. The fourth-order valence-corrected chi connectivity index (χ4v) is 4.01. The van der Waals surface area contributed by atoms with E-state index in [9.17, 15) is 13.2 Å². The second-order valence-corrected chi connectivity index (χ2v) is 7.42. The number of para-hydroxylation sites is 2. The third-order valence-electron chi connectivity index (χ3n) is 5.21. The van der Waals surface area contributed by atoms with Gasteiger partial charge in [-0.25, -0.2) is 4.98 Å². The van der Waals surface area contributed by atoms with Crippen molar-refractivity contribution in [3.8, 4) is 5.75 Å². The molecule has 0 bridgehead atoms. The van der Waals surface area contributed by atoms with Crippen LogP contribution in [-0.2, 0) is 0 Å². The topological polar surface area (TPSA) is 39.1 Å². The number of halogens is 3. The van der Waals surface area contributed by atoms with Gasteiger partial charge in [-0.3, -0.25) is 0 Å². The van der Waals surface area contributed by atoms with Crippen molar-refractivity contribution in [2.75, 3.05) is 5.32 Å². The van der Waals surface area contributed by atoms with Crippen molar-refractivity contribution in [3.63, 3.8) is 0 Å². The van der Waals surface area contributed by atoms with Gasteiger partial charge in [-0.2, -0.15) is 0 Å². The average Bonchev–Trinajstić information content (AvgIpc) is 3.00. The summed E-state index contributed by atoms with van der Waals surface area (Å²) in [6, 6.07) is 14.1. The van der Waals surface area contributed by atoms with E-state index in [4.69, 9.17) is 4.98 Å². The molecule has 7 heteroatoms. The Kier molecular flexibility index (Phi) is 4.91. The lowest BCUT2D eigenvalue weighted by Gasteiger charge is -2.29. The molecule has 1 aromatic heterocycles. The molecule has 4 rings (SSSR count). The molecule has 3 aromatic rings. The molecule has 0 aliphatic heterocycles. The summed E-state index contributed by atoms with van der Waals surface area (Å²) in [6.07, 6.45) is -0.0838. The number of nitrogens with zero attached hydrogens (tertiary/aromatic N) is 2. The van der Waals surface area contributed by atoms with Crippen LogP contribution in [0.4, 0.5) is 24.8 Å². The molecule has 1 aliphatic carbocycles. The Balaban J connectivity index is 1.64. The van der Waals surface area contributed by atoms with Gasteiger partial charge < -0.3 is 14.6 Å². The zero-order valence-electron chi connectivity index (χ0n) is 15.5. The van der Waals surface area contributed by atoms with Crippen LogP contribution in [0.2, 0.25) is 0 Å². The van der Waals surface area contributed by atoms with Crippen molar-refractivity contribution in [1.29, 1.82) is 0 Å². The quantitative estimate of drug-likeness (QED) is 0.559. The molecular formula is C21H22F3N3O. The Morgan fingerprint density at radius 3 is 2.54 bits per heavy atom. The maximum Gasteiger partial charge on any atom is 0.573 e. The van der Waals surface area contributed by atoms with E-state index in [1.807, 2.05) is 18.2 Å². The standard InChI is InChI=1S/C21H22F3N3O/c1-14-5-4-6-16(13-14)27-19-8-3-2-7-18(19)26-20(27)25-15-9-11-17(12-10-15)28-21(22,23)24/h2-3,7-12,14,16H,4-6,13H2,1H3,(H,25,26)/t14-,16+/m0/s1. The average molecular weight is 389 g/mol. The SMILES string of the molecule is C[C@H]1CCC[C@@H](n2c(Nc3ccc(OC(F)(F)F)cc3)nc3ccccc32)C1. The number of aromatic nitrogens is 2. The van der Waals surface area contributed by atoms with Crippen LogP contribution in [0.15, 0.2) is 48.5 Å². The summed E-state index contributed by atoms with van der Waals surface area (Å²) in [7, 11) is 0. The van der Waals surface area contributed by atoms with Crippen LogP contribution in [0.5, 0.6) is 5.75 Å². The van der Waals surface area contributed by atoms with Crippen molar-refractivity contribution in [2.24, 2.45) is 5.92 Å². The minimum Gasteiger partial charge on any atom is -0.406 e. The monoisotopic (exact) mass is 389 g/mol. The van der Waals surface area contributed by atoms with E-state index in [-0.39, 0.29) is 5.75 Å². The number of benzene rings is 2. The number of imidazole rings is 1. The highest BCUT2D eigenvalue weighted by molar-refractivity contribution is 5.80. The van der Waals surface area contributed by atoms with Gasteiger partial charge in [-0.05, 0) is 55.2 Å². The molecule has 1 N–H and O–H groups in total. The predicted octanol–water partition coefficient (Wildman–Crippen LogP) is 6.43. The van der Waals surface area contributed by atoms with Crippen molar-refractivity contribution in [1.82, 2.24) is 9.55 Å². The number of fused-ring (bicyclic) bond motifs is 1. The lowest BCUT2D eigenvalue weighted by molar-refractivity contribution is -0.274. The van der Waals surface area contributed by atoms with E-state index >= 15 is 0 Å². The molecule has 1 saturated carbocycles. The fourth-order valence-electron chi connectivity index (χ4n) is 4.01. The lowest BCUT2D eigenvalue weighted by Crippen LogP contribution is -2.19. The molecule has 1 aliphatic rings. The van der Waals surface area contributed by atoms with Gasteiger partial charge >= 0.3 is 6.36 Å². The van der Waals surface area contributed by atoms with Crippen LogP contribution in [0.3, 0.4) is 0 Å². The van der Waals surface area contributed by atoms with Gasteiger partial charge in [-0.15, -0.1) is 13.2 Å². The van der Waals surface area contributed by atoms with Gasteiger partial charge in [-0.1, -0.05) is 31.9 Å². The smallest absolute Gasteiger partial charge is 0.406 e. The van der Waals surface area contributed by atoms with Crippen molar-refractivity contribution < 1.29 is 17.9 Å². The summed E-state index contributed by atoms with van der Waals surface area (Å²) in [5, 5.41) is 3.28. The largest absolute Gasteiger partial charge is 0.573 e. The summed E-state index contributed by atoms with van der Waals surface area (Å²) in [6.45, 7) is 2.28. The fraction of sp³-hybridized carbons (Fsp3) is 0.381. The number of hydrogen-bond donors (Lipinski definition) is 1. The molecule has 2 atom stereocenters. The Bertz CT molecular complexity index is 950. The van der Waals surface area contributed by atoms with Gasteiger partial charge in [0, 0.05) is 11.7 Å². The van der Waals surface area contributed by atoms with Crippen molar-refractivity contribution in [2.45, 2.75) is 45.0 Å². The number of anilines is 2. The molecule has 148 valence electrons. The van der Waals surface area contributed by atoms with Gasteiger partial charge in [0.1, 0.15) is 5.75 Å². The minimum absolute atomic E-state index is 0.243. The molecule has 1 fully saturated rings. The number of hydrogen-bond acceptors (Lipinski definition) is 3. The molecule has 28 heavy (non-hydrogen) atoms. The molecule has 0 amide bonds. The van der Waals surface area contributed by atoms with E-state index in [1.165, 1.54) is 25.0 Å². The highest BCUT2D eigenvalue weighted by Gasteiger charge is 2.31. The Morgan fingerprint density at radius 2 is 1.82 bits per heavy atom. The van der Waals surface area contributed by atoms with E-state index in [1.54, 1.807) is 12.1 Å². The maximum absolute atomic E-state index is 12.3. The summed E-state index contributed by atoms with van der Waals surface area (Å²) < 4.78 is 43.2. The molecule has 0 spiro atoms. The third-order valence-corrected chi connectivity index (χ3v) is 5.21. The summed E-state index contributed by atoms with van der Waals surface area (Å²) in [5.41, 5.74) is 2.64. The van der Waals surface area contributed by atoms with Crippen LogP contribution in [0.1, 0.15) is 38.6 Å². The lowest BCUT2D eigenvalue weighted by atomic mass is 9.87. The molecular weight excluding hydrogens is 367 g/mol. The first-order valence-corrected chi connectivity index (χ1v) is 9.49. The molecule has 1 heterocycles. The van der Waals surface area contributed by atoms with Crippen molar-refractivity contribution >= 4 is 22.7 Å². The van der Waals surface area contributed by atoms with E-state index in [0.717, 1.165) is 23.9 Å². The first-order chi connectivity index (χ1) is 13.4. The molecule has 4 nitrogen and oxygen atoms in total. The van der Waals surface area contributed by atoms with E-state index in [2.05, 4.69) is 27.6 Å². The Hall–Kier alpha value is -2.70. The van der Waals surface area contributed by atoms with Crippen LogP contribution < -0.4 is 10.1 Å². The van der Waals surface area contributed by atoms with Crippen LogP contribution in [0.25, 0.3) is 11.0 Å². The zero-order chi connectivity index (χ0) is 19.7. The summed E-state index contributed by atoms with van der Waals surface area (Å²) in [4.78, 5) is 4.73. The molecule has 0 unspecified atom stereocenters. The normalized spacial score (nSPS) is 20.3. The highest BCUT2D eigenvalue weighted by atomic mass is 19.4. The molecule has 2 aromatic carbocycles. The van der Waals surface area contributed by atoms with Crippen LogP contribution in [0, 0.1) is 5.92 Å². The van der Waals surface area contributed by atoms with E-state index < -0.39 is 6.36 Å². The maximum atomic E-state index is 12.3. The highest BCUT2D eigenvalue weighted by Crippen LogP contribution is 2.37. The van der Waals surface area contributed by atoms with Gasteiger partial charge in [0.25, 0.3) is 0 Å². The predicted molar refractivity (Wildman–Crippen MR) is 103 cm³/mol. The Labute approximate surface area is 161 Å². The van der Waals surface area contributed by atoms with E-state index in [0.29, 0.717) is 23.6 Å². The Morgan fingerprint density at radius 1 is 1.07 bits per heavy atom. The number of ether oxygens (including phenoxy) is 1. The van der Waals surface area contributed by atoms with Gasteiger partial charge in [0.2, 0.25) is 5.95 Å². The number of nitrogens with one attached hydrogen (secondary N) is 1. The van der Waals surface area contributed by atoms with Crippen LogP contribution >= 0.6 is 0 Å². The first-order valence-electron chi connectivity index (χ1n) is 9.49. The number of rotatable bonds is 4. The minimum atomic E-state index is -4.69. The summed E-state index contributed by atoms with van der Waals surface area (Å²) in [5.74, 6) is 1.13. The second-order valence-electron chi connectivity index (χ2n) is 7.42. The summed E-state index contributed by atoms with van der Waals surface area (Å²) >= 11 is 0. The van der Waals surface area contributed by atoms with Gasteiger partial charge in [0.15, 0.2) is 0 Å². The first kappa shape index (κ1) is 18.7. The van der Waals surface area contributed by atoms with Crippen molar-refractivity contribution in [3.05, 3.63) is 48.5 Å². The molecule has 0 radical (unpaired) electrons. The van der Waals surface area contributed by atoms with Gasteiger partial charge in [0.05, 0.1) is 11.0 Å². The third kappa shape index (κ3) is 4.08.